The van der Waals surface area contributed by atoms with E-state index in [1.54, 1.807) is 0 Å². The van der Waals surface area contributed by atoms with Crippen LogP contribution >= 0.6 is 0 Å². The molecule has 0 spiro atoms. The lowest BCUT2D eigenvalue weighted by Crippen LogP contribution is -2.53. The van der Waals surface area contributed by atoms with E-state index in [1.807, 2.05) is 0 Å². The van der Waals surface area contributed by atoms with Crippen molar-refractivity contribution in [2.24, 2.45) is 51.2 Å². The van der Waals surface area contributed by atoms with E-state index in [0.29, 0.717) is 10.8 Å². The maximum absolute atomic E-state index is 10.7. The topological polar surface area (TPSA) is 41.1 Å². The maximum atomic E-state index is 10.7. The van der Waals surface area contributed by atoms with E-state index in [1.165, 1.54) is 70.6 Å². The molecule has 0 radical (unpaired) electrons. The Balaban J connectivity index is 1.48. The first-order valence-electron chi connectivity index (χ1n) is 13.5. The van der Waals surface area contributed by atoms with Gasteiger partial charge in [-0.2, -0.15) is 0 Å². The van der Waals surface area contributed by atoms with Crippen molar-refractivity contribution in [1.82, 2.24) is 10.9 Å². The van der Waals surface area contributed by atoms with Crippen LogP contribution in [0.1, 0.15) is 112 Å². The van der Waals surface area contributed by atoms with Crippen molar-refractivity contribution in [1.29, 1.82) is 0 Å². The highest BCUT2D eigenvalue weighted by molar-refractivity contribution is 5.44. The van der Waals surface area contributed by atoms with Gasteiger partial charge in [0.05, 0.1) is 0 Å². The van der Waals surface area contributed by atoms with E-state index >= 15 is 0 Å². The predicted octanol–water partition coefficient (Wildman–Crippen LogP) is 6.73. The monoisotopic (exact) mass is 430 g/mol. The second kappa shape index (κ2) is 8.33. The highest BCUT2D eigenvalue weighted by Gasteiger charge is 2.60. The fourth-order valence-corrected chi connectivity index (χ4v) is 9.18. The molecule has 4 aliphatic carbocycles. The molecule has 4 saturated carbocycles. The summed E-state index contributed by atoms with van der Waals surface area (Å²) >= 11 is 0. The Kier molecular flexibility index (Phi) is 6.34. The summed E-state index contributed by atoms with van der Waals surface area (Å²) in [5.41, 5.74) is 7.33. The van der Waals surface area contributed by atoms with Gasteiger partial charge >= 0.3 is 0 Å². The Morgan fingerprint density at radius 1 is 0.839 bits per heavy atom. The van der Waals surface area contributed by atoms with Crippen LogP contribution in [0.25, 0.3) is 0 Å². The van der Waals surface area contributed by atoms with E-state index in [4.69, 9.17) is 0 Å². The largest absolute Gasteiger partial charge is 0.294 e. The lowest BCUT2D eigenvalue weighted by atomic mass is 9.44. The standard InChI is InChI=1S/C28H50N2O/c1-25(2,26(3,4)18-29-30-19-31)17-21-11-13-23-22-12-10-20-9-7-8-15-27(20,5)24(22)14-16-28(21,23)6/h19-24,29H,7-18H2,1-6H3,(H,30,31). The molecule has 178 valence electrons. The number of fused-ring (bicyclic) bond motifs is 5. The molecule has 4 aliphatic rings. The van der Waals surface area contributed by atoms with Gasteiger partial charge in [-0.1, -0.05) is 54.4 Å². The molecule has 0 aliphatic heterocycles. The molecule has 0 bridgehead atoms. The molecule has 3 nitrogen and oxygen atoms in total. The fourth-order valence-electron chi connectivity index (χ4n) is 9.18. The summed E-state index contributed by atoms with van der Waals surface area (Å²) < 4.78 is 0. The first kappa shape index (κ1) is 23.6. The minimum atomic E-state index is 0.127. The van der Waals surface area contributed by atoms with Crippen molar-refractivity contribution in [3.8, 4) is 0 Å². The van der Waals surface area contributed by atoms with Gasteiger partial charge in [-0.05, 0) is 109 Å². The highest BCUT2D eigenvalue weighted by atomic mass is 16.1. The molecular formula is C28H50N2O. The van der Waals surface area contributed by atoms with Crippen LogP contribution in [-0.2, 0) is 4.79 Å². The molecule has 2 N–H and O–H groups in total. The summed E-state index contributed by atoms with van der Waals surface area (Å²) in [5, 5.41) is 0. The summed E-state index contributed by atoms with van der Waals surface area (Å²) in [6.07, 6.45) is 17.0. The van der Waals surface area contributed by atoms with Gasteiger partial charge < -0.3 is 0 Å². The van der Waals surface area contributed by atoms with Crippen molar-refractivity contribution in [3.05, 3.63) is 0 Å². The van der Waals surface area contributed by atoms with Gasteiger partial charge in [-0.15, -0.1) is 0 Å². The molecule has 0 aromatic rings. The lowest BCUT2D eigenvalue weighted by molar-refractivity contribution is -0.115. The molecule has 0 aromatic heterocycles. The normalized spacial score (nSPS) is 43.0. The first-order chi connectivity index (χ1) is 14.6. The Bertz CT molecular complexity index is 657. The van der Waals surface area contributed by atoms with Crippen molar-refractivity contribution < 1.29 is 4.79 Å². The first-order valence-corrected chi connectivity index (χ1v) is 13.5. The Morgan fingerprint density at radius 2 is 1.58 bits per heavy atom. The Morgan fingerprint density at radius 3 is 2.32 bits per heavy atom. The zero-order valence-electron chi connectivity index (χ0n) is 21.4. The van der Waals surface area contributed by atoms with Crippen LogP contribution in [0.4, 0.5) is 0 Å². The van der Waals surface area contributed by atoms with Crippen LogP contribution in [0, 0.1) is 51.2 Å². The quantitative estimate of drug-likeness (QED) is 0.267. The molecule has 0 saturated heterocycles. The van der Waals surface area contributed by atoms with Crippen LogP contribution in [0.15, 0.2) is 0 Å². The van der Waals surface area contributed by atoms with Gasteiger partial charge in [0, 0.05) is 6.54 Å². The lowest BCUT2D eigenvalue weighted by Gasteiger charge is -2.61. The Hall–Kier alpha value is -0.570. The Labute approximate surface area is 192 Å². The molecular weight excluding hydrogens is 380 g/mol. The zero-order chi connectivity index (χ0) is 22.5. The average molecular weight is 431 g/mol. The number of rotatable bonds is 7. The average Bonchev–Trinajstić information content (AvgIpc) is 3.03. The summed E-state index contributed by atoms with van der Waals surface area (Å²) in [5.74, 6) is 4.84. The molecule has 1 amide bonds. The number of hydrazine groups is 1. The van der Waals surface area contributed by atoms with Crippen LogP contribution in [-0.4, -0.2) is 13.0 Å². The zero-order valence-corrected chi connectivity index (χ0v) is 21.4. The van der Waals surface area contributed by atoms with Crippen molar-refractivity contribution in [3.63, 3.8) is 0 Å². The molecule has 4 rings (SSSR count). The van der Waals surface area contributed by atoms with E-state index < -0.39 is 0 Å². The maximum Gasteiger partial charge on any atom is 0.221 e. The van der Waals surface area contributed by atoms with Gasteiger partial charge in [-0.25, -0.2) is 5.43 Å². The molecule has 7 unspecified atom stereocenters. The number of hydrogen-bond donors (Lipinski definition) is 2. The van der Waals surface area contributed by atoms with Crippen molar-refractivity contribution in [2.75, 3.05) is 6.54 Å². The van der Waals surface area contributed by atoms with Crippen LogP contribution in [0.5, 0.6) is 0 Å². The van der Waals surface area contributed by atoms with Crippen LogP contribution in [0.2, 0.25) is 0 Å². The third-order valence-corrected chi connectivity index (χ3v) is 12.1. The molecule has 7 atom stereocenters. The summed E-state index contributed by atoms with van der Waals surface area (Å²) in [7, 11) is 0. The summed E-state index contributed by atoms with van der Waals surface area (Å²) in [6.45, 7) is 15.9. The minimum absolute atomic E-state index is 0.127. The smallest absolute Gasteiger partial charge is 0.221 e. The number of carbonyl (C=O) groups is 1. The van der Waals surface area contributed by atoms with E-state index in [2.05, 4.69) is 52.4 Å². The summed E-state index contributed by atoms with van der Waals surface area (Å²) in [4.78, 5) is 10.7. The second-order valence-corrected chi connectivity index (χ2v) is 13.8. The molecule has 0 aromatic carbocycles. The SMILES string of the molecule is CC12CCCCC1CCC1C2CCC2(C)C(CC(C)(C)C(C)(C)CNNC=O)CCC12. The summed E-state index contributed by atoms with van der Waals surface area (Å²) in [6, 6.07) is 0. The predicted molar refractivity (Wildman–Crippen MR) is 129 cm³/mol. The highest BCUT2D eigenvalue weighted by Crippen LogP contribution is 2.68. The molecule has 0 heterocycles. The van der Waals surface area contributed by atoms with Gasteiger partial charge in [0.1, 0.15) is 0 Å². The van der Waals surface area contributed by atoms with E-state index in [9.17, 15) is 4.79 Å². The van der Waals surface area contributed by atoms with Gasteiger partial charge in [0.25, 0.3) is 0 Å². The number of nitrogens with one attached hydrogen (secondary N) is 2. The third kappa shape index (κ3) is 3.89. The second-order valence-electron chi connectivity index (χ2n) is 13.8. The third-order valence-electron chi connectivity index (χ3n) is 12.1. The number of hydrogen-bond acceptors (Lipinski definition) is 2. The van der Waals surface area contributed by atoms with Crippen molar-refractivity contribution in [2.45, 2.75) is 112 Å². The van der Waals surface area contributed by atoms with Gasteiger partial charge in [0.2, 0.25) is 6.41 Å². The van der Waals surface area contributed by atoms with E-state index in [-0.39, 0.29) is 10.8 Å². The number of carbonyl (C=O) groups excluding carboxylic acids is 1. The molecule has 4 fully saturated rings. The van der Waals surface area contributed by atoms with Crippen molar-refractivity contribution >= 4 is 6.41 Å². The van der Waals surface area contributed by atoms with E-state index in [0.717, 1.165) is 42.5 Å². The van der Waals surface area contributed by atoms with Gasteiger partial charge in [0.15, 0.2) is 0 Å². The van der Waals surface area contributed by atoms with Gasteiger partial charge in [-0.3, -0.25) is 10.2 Å². The fraction of sp³-hybridized carbons (Fsp3) is 0.964. The number of amides is 1. The van der Waals surface area contributed by atoms with Crippen LogP contribution in [0.3, 0.4) is 0 Å². The van der Waals surface area contributed by atoms with Crippen LogP contribution < -0.4 is 10.9 Å². The molecule has 3 heteroatoms. The minimum Gasteiger partial charge on any atom is -0.294 e. The molecule has 31 heavy (non-hydrogen) atoms.